The van der Waals surface area contributed by atoms with Crippen molar-refractivity contribution in [1.29, 1.82) is 0 Å². The standard InChI is InChI=1S/C26H28N4O3S/c1-18-14-22(19(2)29(18)16-21-10-6-12-32-21)23(31)17-34-26-28-27-25(24-11-7-13-33-24)30(26)15-20-8-4-3-5-9-20/h3-5,7-9,11,13-14,21H,6,10,12,15-17H2,1-2H3/t21-/m1/s1. The fourth-order valence-electron chi connectivity index (χ4n) is 4.46. The van der Waals surface area contributed by atoms with Gasteiger partial charge in [-0.3, -0.25) is 9.36 Å². The van der Waals surface area contributed by atoms with Crippen LogP contribution in [-0.2, 0) is 17.8 Å². The highest BCUT2D eigenvalue weighted by molar-refractivity contribution is 7.99. The van der Waals surface area contributed by atoms with Gasteiger partial charge >= 0.3 is 0 Å². The van der Waals surface area contributed by atoms with Gasteiger partial charge in [-0.1, -0.05) is 42.1 Å². The zero-order valence-electron chi connectivity index (χ0n) is 19.4. The SMILES string of the molecule is Cc1cc(C(=O)CSc2nnc(-c3ccco3)n2Cc2ccccc2)c(C)n1C[C@H]1CCCO1. The average Bonchev–Trinajstić information content (AvgIpc) is 3.64. The van der Waals surface area contributed by atoms with Gasteiger partial charge in [0.1, 0.15) is 0 Å². The van der Waals surface area contributed by atoms with Crippen LogP contribution >= 0.6 is 11.8 Å². The van der Waals surface area contributed by atoms with Crippen molar-refractivity contribution in [2.45, 2.75) is 51.0 Å². The number of ether oxygens (including phenoxy) is 1. The lowest BCUT2D eigenvalue weighted by Gasteiger charge is -2.14. The molecular weight excluding hydrogens is 448 g/mol. The number of hydrogen-bond acceptors (Lipinski definition) is 6. The van der Waals surface area contributed by atoms with Crippen molar-refractivity contribution in [2.24, 2.45) is 0 Å². The van der Waals surface area contributed by atoms with Crippen molar-refractivity contribution < 1.29 is 13.9 Å². The Morgan fingerprint density at radius 1 is 1.12 bits per heavy atom. The predicted octanol–water partition coefficient (Wildman–Crippen LogP) is 5.16. The Balaban J connectivity index is 1.34. The number of Topliss-reactive ketones (excluding diaryl/α,β-unsaturated/α-hetero) is 1. The van der Waals surface area contributed by atoms with Crippen molar-refractivity contribution in [3.8, 4) is 11.6 Å². The molecule has 8 heteroatoms. The van der Waals surface area contributed by atoms with E-state index in [0.29, 0.717) is 23.3 Å². The second-order valence-electron chi connectivity index (χ2n) is 8.60. The molecule has 0 amide bonds. The quantitative estimate of drug-likeness (QED) is 0.245. The second-order valence-corrected chi connectivity index (χ2v) is 9.54. The van der Waals surface area contributed by atoms with Gasteiger partial charge in [0.25, 0.3) is 0 Å². The van der Waals surface area contributed by atoms with E-state index in [1.54, 1.807) is 6.26 Å². The third-order valence-corrected chi connectivity index (χ3v) is 7.23. The molecule has 0 spiro atoms. The van der Waals surface area contributed by atoms with Crippen molar-refractivity contribution in [1.82, 2.24) is 19.3 Å². The monoisotopic (exact) mass is 476 g/mol. The number of nitrogens with zero attached hydrogens (tertiary/aromatic N) is 4. The van der Waals surface area contributed by atoms with Crippen LogP contribution in [0.15, 0.2) is 64.4 Å². The summed E-state index contributed by atoms with van der Waals surface area (Å²) in [6.45, 7) is 6.30. The van der Waals surface area contributed by atoms with E-state index in [2.05, 4.69) is 33.8 Å². The number of ketones is 1. The van der Waals surface area contributed by atoms with Gasteiger partial charge in [0.15, 0.2) is 16.7 Å². The predicted molar refractivity (Wildman–Crippen MR) is 131 cm³/mol. The molecule has 1 aromatic carbocycles. The first-order valence-electron chi connectivity index (χ1n) is 11.6. The molecule has 0 unspecified atom stereocenters. The Kier molecular flexibility index (Phi) is 6.69. The molecule has 34 heavy (non-hydrogen) atoms. The molecule has 4 heterocycles. The van der Waals surface area contributed by atoms with E-state index < -0.39 is 0 Å². The molecule has 1 aliphatic heterocycles. The molecule has 1 aliphatic rings. The highest BCUT2D eigenvalue weighted by atomic mass is 32.2. The highest BCUT2D eigenvalue weighted by Gasteiger charge is 2.22. The van der Waals surface area contributed by atoms with Gasteiger partial charge in [-0.15, -0.1) is 10.2 Å². The molecule has 0 aliphatic carbocycles. The number of aryl methyl sites for hydroxylation is 1. The summed E-state index contributed by atoms with van der Waals surface area (Å²) in [4.78, 5) is 13.2. The second kappa shape index (κ2) is 10.0. The first-order chi connectivity index (χ1) is 16.6. The van der Waals surface area contributed by atoms with Crippen LogP contribution in [0.2, 0.25) is 0 Å². The number of rotatable bonds is 9. The minimum Gasteiger partial charge on any atom is -0.461 e. The minimum atomic E-state index is 0.0884. The third kappa shape index (κ3) is 4.74. The van der Waals surface area contributed by atoms with Gasteiger partial charge in [0.2, 0.25) is 5.82 Å². The van der Waals surface area contributed by atoms with Crippen molar-refractivity contribution >= 4 is 17.5 Å². The van der Waals surface area contributed by atoms with Crippen LogP contribution in [0, 0.1) is 13.8 Å². The maximum absolute atomic E-state index is 13.2. The molecule has 3 aromatic heterocycles. The number of carbonyl (C=O) groups is 1. The minimum absolute atomic E-state index is 0.0884. The summed E-state index contributed by atoms with van der Waals surface area (Å²) in [6.07, 6.45) is 4.04. The van der Waals surface area contributed by atoms with E-state index in [1.807, 2.05) is 47.9 Å². The van der Waals surface area contributed by atoms with Gasteiger partial charge in [-0.2, -0.15) is 0 Å². The van der Waals surface area contributed by atoms with E-state index in [9.17, 15) is 4.79 Å². The topological polar surface area (TPSA) is 75.1 Å². The van der Waals surface area contributed by atoms with E-state index in [4.69, 9.17) is 9.15 Å². The molecular formula is C26H28N4O3S. The zero-order chi connectivity index (χ0) is 23.5. The molecule has 0 bridgehead atoms. The highest BCUT2D eigenvalue weighted by Crippen LogP contribution is 2.27. The van der Waals surface area contributed by atoms with Crippen LogP contribution in [0.4, 0.5) is 0 Å². The van der Waals surface area contributed by atoms with Gasteiger partial charge < -0.3 is 13.7 Å². The van der Waals surface area contributed by atoms with Gasteiger partial charge in [-0.05, 0) is 50.5 Å². The molecule has 176 valence electrons. The first kappa shape index (κ1) is 22.7. The lowest BCUT2D eigenvalue weighted by atomic mass is 10.2. The average molecular weight is 477 g/mol. The summed E-state index contributed by atoms with van der Waals surface area (Å²) in [6, 6.07) is 15.8. The lowest BCUT2D eigenvalue weighted by Crippen LogP contribution is -2.17. The van der Waals surface area contributed by atoms with Gasteiger partial charge in [-0.25, -0.2) is 0 Å². The summed E-state index contributed by atoms with van der Waals surface area (Å²) in [5.74, 6) is 1.68. The number of hydrogen-bond donors (Lipinski definition) is 0. The van der Waals surface area contributed by atoms with Gasteiger partial charge in [0.05, 0.1) is 24.7 Å². The number of aromatic nitrogens is 4. The van der Waals surface area contributed by atoms with Gasteiger partial charge in [0, 0.05) is 30.1 Å². The van der Waals surface area contributed by atoms with Crippen LogP contribution in [-0.4, -0.2) is 43.6 Å². The molecule has 1 saturated heterocycles. The molecule has 1 atom stereocenters. The number of carbonyl (C=O) groups excluding carboxylic acids is 1. The van der Waals surface area contributed by atoms with Crippen LogP contribution in [0.5, 0.6) is 0 Å². The van der Waals surface area contributed by atoms with Crippen molar-refractivity contribution in [2.75, 3.05) is 12.4 Å². The summed E-state index contributed by atoms with van der Waals surface area (Å²) in [5.41, 5.74) is 3.98. The van der Waals surface area contributed by atoms with Crippen LogP contribution in [0.3, 0.4) is 0 Å². The Bertz CT molecular complexity index is 1250. The fraction of sp³-hybridized carbons (Fsp3) is 0.346. The number of furan rings is 1. The smallest absolute Gasteiger partial charge is 0.200 e. The van der Waals surface area contributed by atoms with E-state index in [1.165, 1.54) is 11.8 Å². The molecule has 0 radical (unpaired) electrons. The van der Waals surface area contributed by atoms with E-state index >= 15 is 0 Å². The third-order valence-electron chi connectivity index (χ3n) is 6.26. The Morgan fingerprint density at radius 2 is 1.97 bits per heavy atom. The maximum atomic E-state index is 13.2. The number of benzene rings is 1. The van der Waals surface area contributed by atoms with Crippen LogP contribution < -0.4 is 0 Å². The Morgan fingerprint density at radius 3 is 2.71 bits per heavy atom. The molecule has 0 N–H and O–H groups in total. The lowest BCUT2D eigenvalue weighted by molar-refractivity contribution is 0.0957. The summed E-state index contributed by atoms with van der Waals surface area (Å²) < 4.78 is 15.6. The molecule has 1 fully saturated rings. The van der Waals surface area contributed by atoms with E-state index in [-0.39, 0.29) is 17.6 Å². The normalized spacial score (nSPS) is 15.8. The molecule has 4 aromatic rings. The molecule has 0 saturated carbocycles. The molecule has 5 rings (SSSR count). The van der Waals surface area contributed by atoms with Crippen LogP contribution in [0.25, 0.3) is 11.6 Å². The summed E-state index contributed by atoms with van der Waals surface area (Å²) in [5, 5.41) is 9.45. The fourth-order valence-corrected chi connectivity index (χ4v) is 5.28. The van der Waals surface area contributed by atoms with Crippen molar-refractivity contribution in [3.63, 3.8) is 0 Å². The number of thioether (sulfide) groups is 1. The Hall–Kier alpha value is -3.10. The largest absolute Gasteiger partial charge is 0.461 e. The maximum Gasteiger partial charge on any atom is 0.200 e. The molecule has 7 nitrogen and oxygen atoms in total. The Labute approximate surface area is 203 Å². The summed E-state index contributed by atoms with van der Waals surface area (Å²) >= 11 is 1.41. The van der Waals surface area contributed by atoms with Crippen molar-refractivity contribution in [3.05, 3.63) is 77.3 Å². The summed E-state index contributed by atoms with van der Waals surface area (Å²) in [7, 11) is 0. The zero-order valence-corrected chi connectivity index (χ0v) is 20.3. The van der Waals surface area contributed by atoms with Crippen LogP contribution in [0.1, 0.15) is 40.2 Å². The van der Waals surface area contributed by atoms with E-state index in [0.717, 1.165) is 48.5 Å². The first-order valence-corrected chi connectivity index (χ1v) is 12.5.